The number of carbonyl (C=O) groups excluding carboxylic acids is 1. The normalized spacial score (nSPS) is 35.1. The number of benzene rings is 1. The molecule has 2 saturated heterocycles. The van der Waals surface area contributed by atoms with Crippen LogP contribution in [-0.2, 0) is 25.6 Å². The van der Waals surface area contributed by atoms with Crippen molar-refractivity contribution in [2.24, 2.45) is 5.92 Å². The monoisotopic (exact) mass is 272 g/mol. The lowest BCUT2D eigenvalue weighted by molar-refractivity contribution is -0.155. The van der Waals surface area contributed by atoms with E-state index in [1.54, 1.807) is 0 Å². The zero-order valence-corrected chi connectivity index (χ0v) is 11.5. The number of fused-ring (bicyclic) bond motifs is 2. The first-order valence-corrected chi connectivity index (χ1v) is 6.92. The maximum absolute atomic E-state index is 12.4. The van der Waals surface area contributed by atoms with Gasteiger partial charge in [-0.25, -0.2) is 0 Å². The highest BCUT2D eigenvalue weighted by Gasteiger charge is 2.62. The molecule has 2 fully saturated rings. The maximum Gasteiger partial charge on any atom is 0.315 e. The highest BCUT2D eigenvalue weighted by atomic mass is 16.6. The molecule has 4 atom stereocenters. The number of rotatable bonds is 4. The van der Waals surface area contributed by atoms with Crippen molar-refractivity contribution in [1.82, 2.24) is 0 Å². The molecule has 3 rings (SSSR count). The quantitative estimate of drug-likeness (QED) is 0.614. The van der Waals surface area contributed by atoms with Gasteiger partial charge in [-0.1, -0.05) is 37.3 Å². The third-order valence-electron chi connectivity index (χ3n) is 4.19. The Balaban J connectivity index is 1.68. The fourth-order valence-corrected chi connectivity index (χ4v) is 3.03. The molecule has 2 bridgehead atoms. The van der Waals surface area contributed by atoms with Crippen molar-refractivity contribution in [3.63, 3.8) is 0 Å². The summed E-state index contributed by atoms with van der Waals surface area (Å²) in [5, 5.41) is 0. The molecule has 20 heavy (non-hydrogen) atoms. The molecule has 0 N–H and O–H groups in total. The van der Waals surface area contributed by atoms with Crippen LogP contribution in [0.15, 0.2) is 30.3 Å². The Morgan fingerprint density at radius 3 is 2.85 bits per heavy atom. The number of carbonyl (C=O) groups is 1. The molecule has 104 valence electrons. The molecule has 2 heterocycles. The van der Waals surface area contributed by atoms with E-state index in [2.05, 4.69) is 0 Å². The molecule has 1 aromatic carbocycles. The fraction of sp³-hybridized carbons (Fsp3) is 0.533. The molecule has 0 saturated carbocycles. The second-order valence-electron chi connectivity index (χ2n) is 5.35. The van der Waals surface area contributed by atoms with Crippen molar-refractivity contribution in [3.05, 3.63) is 35.9 Å². The van der Waals surface area contributed by atoms with Crippen LogP contribution in [0.1, 0.15) is 18.9 Å². The SMILES string of the molecule is [B][C@@H]1O[C@]2(CC)COC1[C@@H]2C(=O)OCc1ccccc1. The average Bonchev–Trinajstić information content (AvgIpc) is 2.98. The third-order valence-corrected chi connectivity index (χ3v) is 4.19. The number of hydrogen-bond donors (Lipinski definition) is 0. The Kier molecular flexibility index (Phi) is 3.56. The number of esters is 1. The van der Waals surface area contributed by atoms with Crippen LogP contribution < -0.4 is 0 Å². The van der Waals surface area contributed by atoms with E-state index in [0.29, 0.717) is 13.0 Å². The Hall–Kier alpha value is -1.33. The Labute approximate surface area is 119 Å². The van der Waals surface area contributed by atoms with Gasteiger partial charge in [-0.3, -0.25) is 4.79 Å². The topological polar surface area (TPSA) is 44.8 Å². The van der Waals surface area contributed by atoms with Gasteiger partial charge in [-0.15, -0.1) is 0 Å². The molecule has 0 aromatic heterocycles. The Bertz CT molecular complexity index is 492. The maximum atomic E-state index is 12.4. The van der Waals surface area contributed by atoms with Gasteiger partial charge in [0.05, 0.1) is 12.7 Å². The summed E-state index contributed by atoms with van der Waals surface area (Å²) in [6.07, 6.45) is 0.292. The van der Waals surface area contributed by atoms with Crippen molar-refractivity contribution in [2.75, 3.05) is 6.61 Å². The fourth-order valence-electron chi connectivity index (χ4n) is 3.03. The lowest BCUT2D eigenvalue weighted by atomic mass is 9.83. The predicted molar refractivity (Wildman–Crippen MR) is 73.1 cm³/mol. The van der Waals surface area contributed by atoms with E-state index in [1.165, 1.54) is 0 Å². The van der Waals surface area contributed by atoms with Crippen molar-refractivity contribution >= 4 is 13.8 Å². The summed E-state index contributed by atoms with van der Waals surface area (Å²) in [6, 6.07) is 9.05. The van der Waals surface area contributed by atoms with Gasteiger partial charge in [0.2, 0.25) is 0 Å². The molecule has 1 unspecified atom stereocenters. The molecular formula is C15H17BO4. The van der Waals surface area contributed by atoms with Crippen LogP contribution in [0.2, 0.25) is 0 Å². The van der Waals surface area contributed by atoms with Crippen LogP contribution in [0.3, 0.4) is 0 Å². The molecule has 1 aromatic rings. The van der Waals surface area contributed by atoms with E-state index in [0.717, 1.165) is 5.56 Å². The number of hydrogen-bond acceptors (Lipinski definition) is 4. The molecule has 2 aliphatic rings. The van der Waals surface area contributed by atoms with E-state index in [9.17, 15) is 4.79 Å². The highest BCUT2D eigenvalue weighted by Crippen LogP contribution is 2.46. The summed E-state index contributed by atoms with van der Waals surface area (Å²) >= 11 is 0. The highest BCUT2D eigenvalue weighted by molar-refractivity contribution is 6.12. The summed E-state index contributed by atoms with van der Waals surface area (Å²) in [5.74, 6) is -0.711. The van der Waals surface area contributed by atoms with Crippen LogP contribution in [0.4, 0.5) is 0 Å². The predicted octanol–water partition coefficient (Wildman–Crippen LogP) is 1.42. The minimum atomic E-state index is -0.613. The van der Waals surface area contributed by atoms with E-state index in [4.69, 9.17) is 22.1 Å². The van der Waals surface area contributed by atoms with Crippen LogP contribution in [-0.4, -0.2) is 38.1 Å². The van der Waals surface area contributed by atoms with Crippen molar-refractivity contribution in [1.29, 1.82) is 0 Å². The molecule has 2 radical (unpaired) electrons. The van der Waals surface area contributed by atoms with Gasteiger partial charge < -0.3 is 14.2 Å². The van der Waals surface area contributed by atoms with Crippen molar-refractivity contribution in [3.8, 4) is 0 Å². The second-order valence-corrected chi connectivity index (χ2v) is 5.35. The van der Waals surface area contributed by atoms with Crippen LogP contribution in [0, 0.1) is 5.92 Å². The molecule has 5 heteroatoms. The van der Waals surface area contributed by atoms with E-state index < -0.39 is 23.6 Å². The Morgan fingerprint density at radius 1 is 1.45 bits per heavy atom. The Morgan fingerprint density at radius 2 is 2.20 bits per heavy atom. The third kappa shape index (κ3) is 2.15. The second kappa shape index (κ2) is 5.22. The first kappa shape index (κ1) is 13.6. The van der Waals surface area contributed by atoms with Gasteiger partial charge in [0.1, 0.15) is 26.0 Å². The molecule has 0 aliphatic carbocycles. The summed E-state index contributed by atoms with van der Waals surface area (Å²) in [4.78, 5) is 12.4. The summed E-state index contributed by atoms with van der Waals surface area (Å²) in [6.45, 7) is 2.64. The summed E-state index contributed by atoms with van der Waals surface area (Å²) in [7, 11) is 5.86. The minimum absolute atomic E-state index is 0.262. The van der Waals surface area contributed by atoms with E-state index >= 15 is 0 Å². The molecule has 0 spiro atoms. The zero-order chi connectivity index (χ0) is 14.2. The van der Waals surface area contributed by atoms with Gasteiger partial charge >= 0.3 is 5.97 Å². The average molecular weight is 272 g/mol. The smallest absolute Gasteiger partial charge is 0.315 e. The van der Waals surface area contributed by atoms with E-state index in [-0.39, 0.29) is 12.6 Å². The summed E-state index contributed by atoms with van der Waals surface area (Å²) in [5.41, 5.74) is 0.348. The molecular weight excluding hydrogens is 255 g/mol. The standard InChI is InChI=1S/C15H17BO4/c1-2-15-9-19-12(13(16)20-15)11(15)14(17)18-8-10-6-4-3-5-7-10/h3-7,11-13H,2,8-9H2,1H3/t11-,12?,13-,15-/m1/s1. The van der Waals surface area contributed by atoms with E-state index in [1.807, 2.05) is 37.3 Å². The van der Waals surface area contributed by atoms with Crippen LogP contribution in [0.5, 0.6) is 0 Å². The van der Waals surface area contributed by atoms with Gasteiger partial charge in [-0.05, 0) is 12.0 Å². The summed E-state index contributed by atoms with van der Waals surface area (Å²) < 4.78 is 16.7. The van der Waals surface area contributed by atoms with Crippen molar-refractivity contribution < 1.29 is 19.0 Å². The van der Waals surface area contributed by atoms with Gasteiger partial charge in [-0.2, -0.15) is 0 Å². The first-order chi connectivity index (χ1) is 9.66. The van der Waals surface area contributed by atoms with Crippen molar-refractivity contribution in [2.45, 2.75) is 37.7 Å². The minimum Gasteiger partial charge on any atom is -0.460 e. The molecule has 0 amide bonds. The first-order valence-electron chi connectivity index (χ1n) is 6.92. The largest absolute Gasteiger partial charge is 0.460 e. The zero-order valence-electron chi connectivity index (χ0n) is 11.5. The lowest BCUT2D eigenvalue weighted by Crippen LogP contribution is -2.40. The van der Waals surface area contributed by atoms with Gasteiger partial charge in [0.15, 0.2) is 0 Å². The van der Waals surface area contributed by atoms with Gasteiger partial charge in [0, 0.05) is 6.00 Å². The molecule has 2 aliphatic heterocycles. The van der Waals surface area contributed by atoms with Crippen LogP contribution >= 0.6 is 0 Å². The molecule has 4 nitrogen and oxygen atoms in total. The van der Waals surface area contributed by atoms with Crippen LogP contribution in [0.25, 0.3) is 0 Å². The van der Waals surface area contributed by atoms with Gasteiger partial charge in [0.25, 0.3) is 0 Å². The number of ether oxygens (including phenoxy) is 3. The lowest BCUT2D eigenvalue weighted by Gasteiger charge is -2.29.